The van der Waals surface area contributed by atoms with E-state index in [1.165, 1.54) is 23.3 Å². The number of halogens is 2. The Kier molecular flexibility index (Phi) is 7.05. The van der Waals surface area contributed by atoms with E-state index in [9.17, 15) is 9.18 Å². The normalized spacial score (nSPS) is 18.1. The average Bonchev–Trinajstić information content (AvgIpc) is 3.92. The minimum atomic E-state index is -0.271. The highest BCUT2D eigenvalue weighted by Gasteiger charge is 2.45. The van der Waals surface area contributed by atoms with Crippen LogP contribution in [0.4, 0.5) is 10.2 Å². The van der Waals surface area contributed by atoms with E-state index < -0.39 is 0 Å². The van der Waals surface area contributed by atoms with Gasteiger partial charge in [0, 0.05) is 35.1 Å². The fourth-order valence-corrected chi connectivity index (χ4v) is 8.94. The number of thiophene rings is 1. The molecule has 2 atom stereocenters. The predicted molar refractivity (Wildman–Crippen MR) is 184 cm³/mol. The topological polar surface area (TPSA) is 97.0 Å². The molecule has 1 fully saturated rings. The summed E-state index contributed by atoms with van der Waals surface area (Å²) in [4.78, 5) is 27.1. The molecule has 9 rings (SSSR count). The van der Waals surface area contributed by atoms with Crippen LogP contribution in [-0.2, 0) is 19.3 Å². The van der Waals surface area contributed by atoms with E-state index in [0.717, 1.165) is 74.0 Å². The summed E-state index contributed by atoms with van der Waals surface area (Å²) in [5.41, 5.74) is 7.17. The molecule has 2 aliphatic heterocycles. The monoisotopic (exact) mass is 676 g/mol. The van der Waals surface area contributed by atoms with Crippen molar-refractivity contribution in [3.63, 3.8) is 0 Å². The van der Waals surface area contributed by atoms with Gasteiger partial charge in [0.1, 0.15) is 11.6 Å². The Morgan fingerprint density at radius 3 is 2.75 bits per heavy atom. The SMILES string of the molecule is Cc1nnc(-c2c(CCc3ccc(F)cc3)nc3c(c2-c2cc4ccnc(N[C@@H]5CCc6ccc(Cl)cc65)c4s2)C(=O)N2CCC[C@@H]32)o1. The summed E-state index contributed by atoms with van der Waals surface area (Å²) in [7, 11) is 0. The molecule has 48 heavy (non-hydrogen) atoms. The maximum absolute atomic E-state index is 14.2. The van der Waals surface area contributed by atoms with Crippen LogP contribution in [0.25, 0.3) is 32.0 Å². The number of carbonyl (C=O) groups excluding carboxylic acids is 1. The molecular weight excluding hydrogens is 647 g/mol. The number of benzene rings is 2. The van der Waals surface area contributed by atoms with E-state index in [2.05, 4.69) is 27.6 Å². The predicted octanol–water partition coefficient (Wildman–Crippen LogP) is 8.68. The third-order valence-electron chi connectivity index (χ3n) is 9.82. The standard InChI is InChI=1S/C37H30ClFN6O2S/c1-19-43-44-36(47-19)30-27(12-6-20-4-10-24(39)11-5-20)41-33-28-3-2-16-45(28)37(46)32(33)31(30)29-17-22-14-15-40-35(34(22)48-29)42-26-13-8-21-7-9-23(38)18-25(21)26/h4-5,7,9-11,14-15,17-18,26,28H,2-3,6,8,12-13,16H2,1H3,(H,40,42)/t26-,28+/m1/s1. The Bertz CT molecular complexity index is 2250. The van der Waals surface area contributed by atoms with Crippen LogP contribution >= 0.6 is 22.9 Å². The van der Waals surface area contributed by atoms with Crippen molar-refractivity contribution in [1.29, 1.82) is 0 Å². The zero-order valence-corrected chi connectivity index (χ0v) is 27.7. The maximum atomic E-state index is 14.2. The zero-order valence-electron chi connectivity index (χ0n) is 26.1. The summed E-state index contributed by atoms with van der Waals surface area (Å²) in [5.74, 6) is 1.28. The van der Waals surface area contributed by atoms with Gasteiger partial charge in [-0.3, -0.25) is 9.78 Å². The van der Waals surface area contributed by atoms with Crippen LogP contribution in [0.5, 0.6) is 0 Å². The quantitative estimate of drug-likeness (QED) is 0.181. The molecule has 240 valence electrons. The van der Waals surface area contributed by atoms with Gasteiger partial charge in [-0.2, -0.15) is 0 Å². The number of nitrogens with one attached hydrogen (secondary N) is 1. The summed E-state index contributed by atoms with van der Waals surface area (Å²) in [5, 5.41) is 14.1. The van der Waals surface area contributed by atoms with Crippen molar-refractivity contribution in [2.45, 2.75) is 57.5 Å². The lowest BCUT2D eigenvalue weighted by Gasteiger charge is -2.16. The summed E-state index contributed by atoms with van der Waals surface area (Å²) >= 11 is 7.98. The molecule has 6 aromatic rings. The molecule has 8 nitrogen and oxygen atoms in total. The fraction of sp³-hybridized carbons (Fsp3) is 0.270. The molecule has 0 saturated carbocycles. The minimum Gasteiger partial charge on any atom is -0.421 e. The molecule has 1 saturated heterocycles. The first-order valence-corrected chi connectivity index (χ1v) is 17.5. The van der Waals surface area contributed by atoms with Crippen molar-refractivity contribution in [3.05, 3.63) is 111 Å². The summed E-state index contributed by atoms with van der Waals surface area (Å²) in [6.45, 7) is 2.46. The van der Waals surface area contributed by atoms with Crippen molar-refractivity contribution < 1.29 is 13.6 Å². The van der Waals surface area contributed by atoms with Gasteiger partial charge in [-0.25, -0.2) is 9.37 Å². The van der Waals surface area contributed by atoms with Crippen LogP contribution < -0.4 is 5.32 Å². The Morgan fingerprint density at radius 1 is 1.04 bits per heavy atom. The molecule has 1 N–H and O–H groups in total. The molecule has 4 aromatic heterocycles. The Balaban J connectivity index is 1.21. The number of rotatable bonds is 7. The lowest BCUT2D eigenvalue weighted by Crippen LogP contribution is -2.22. The van der Waals surface area contributed by atoms with Gasteiger partial charge < -0.3 is 14.6 Å². The van der Waals surface area contributed by atoms with Gasteiger partial charge >= 0.3 is 0 Å². The van der Waals surface area contributed by atoms with Crippen molar-refractivity contribution in [2.24, 2.45) is 0 Å². The summed E-state index contributed by atoms with van der Waals surface area (Å²) in [6, 6.07) is 16.8. The van der Waals surface area contributed by atoms with Crippen LogP contribution in [0.15, 0.2) is 65.2 Å². The Morgan fingerprint density at radius 2 is 1.92 bits per heavy atom. The average molecular weight is 677 g/mol. The van der Waals surface area contributed by atoms with Gasteiger partial charge in [0.25, 0.3) is 5.91 Å². The van der Waals surface area contributed by atoms with Crippen LogP contribution in [0.1, 0.15) is 75.7 Å². The van der Waals surface area contributed by atoms with E-state index in [1.54, 1.807) is 30.4 Å². The number of anilines is 1. The second-order valence-electron chi connectivity index (χ2n) is 12.7. The van der Waals surface area contributed by atoms with Crippen molar-refractivity contribution in [1.82, 2.24) is 25.1 Å². The van der Waals surface area contributed by atoms with Crippen molar-refractivity contribution in [2.75, 3.05) is 11.9 Å². The lowest BCUT2D eigenvalue weighted by atomic mass is 9.93. The number of pyridine rings is 2. The largest absolute Gasteiger partial charge is 0.421 e. The second-order valence-corrected chi connectivity index (χ2v) is 14.2. The number of aromatic nitrogens is 4. The summed E-state index contributed by atoms with van der Waals surface area (Å²) < 4.78 is 20.8. The lowest BCUT2D eigenvalue weighted by molar-refractivity contribution is 0.0776. The molecule has 0 bridgehead atoms. The smallest absolute Gasteiger partial charge is 0.257 e. The Hall–Kier alpha value is -4.67. The maximum Gasteiger partial charge on any atom is 0.257 e. The first-order valence-electron chi connectivity index (χ1n) is 16.3. The van der Waals surface area contributed by atoms with Gasteiger partial charge in [-0.1, -0.05) is 29.8 Å². The van der Waals surface area contributed by atoms with Crippen LogP contribution in [0.3, 0.4) is 0 Å². The van der Waals surface area contributed by atoms with Crippen molar-refractivity contribution >= 4 is 44.7 Å². The number of aryl methyl sites for hydroxylation is 4. The molecule has 0 spiro atoms. The second kappa shape index (κ2) is 11.5. The third-order valence-corrected chi connectivity index (χ3v) is 11.2. The van der Waals surface area contributed by atoms with Gasteiger partial charge in [0.2, 0.25) is 11.8 Å². The Labute approximate surface area is 285 Å². The van der Waals surface area contributed by atoms with Crippen LogP contribution in [0, 0.1) is 12.7 Å². The van der Waals surface area contributed by atoms with Gasteiger partial charge in [-0.15, -0.1) is 21.5 Å². The molecule has 3 aliphatic rings. The number of hydrogen-bond donors (Lipinski definition) is 1. The highest BCUT2D eigenvalue weighted by atomic mass is 35.5. The number of nitrogens with zero attached hydrogens (tertiary/aromatic N) is 5. The molecule has 11 heteroatoms. The number of carbonyl (C=O) groups is 1. The van der Waals surface area contributed by atoms with E-state index in [4.69, 9.17) is 26.0 Å². The first-order chi connectivity index (χ1) is 23.4. The minimum absolute atomic E-state index is 0.00839. The van der Waals surface area contributed by atoms with E-state index in [-0.39, 0.29) is 23.8 Å². The molecule has 0 radical (unpaired) electrons. The molecule has 1 aliphatic carbocycles. The van der Waals surface area contributed by atoms with Gasteiger partial charge in [0.15, 0.2) is 0 Å². The third kappa shape index (κ3) is 4.88. The van der Waals surface area contributed by atoms with Crippen LogP contribution in [-0.4, -0.2) is 37.5 Å². The van der Waals surface area contributed by atoms with E-state index in [0.29, 0.717) is 42.3 Å². The molecule has 6 heterocycles. The molecule has 2 aromatic carbocycles. The van der Waals surface area contributed by atoms with E-state index >= 15 is 0 Å². The van der Waals surface area contributed by atoms with Crippen LogP contribution in [0.2, 0.25) is 5.02 Å². The number of fused-ring (bicyclic) bond motifs is 5. The molecular formula is C37H30ClFN6O2S. The first kappa shape index (κ1) is 29.5. The molecule has 0 unspecified atom stereocenters. The highest BCUT2D eigenvalue weighted by molar-refractivity contribution is 7.23. The molecule has 1 amide bonds. The van der Waals surface area contributed by atoms with E-state index in [1.807, 2.05) is 29.3 Å². The highest BCUT2D eigenvalue weighted by Crippen LogP contribution is 2.50. The summed E-state index contributed by atoms with van der Waals surface area (Å²) in [6.07, 6.45) is 6.75. The zero-order chi connectivity index (χ0) is 32.5. The van der Waals surface area contributed by atoms with Gasteiger partial charge in [0.05, 0.1) is 39.3 Å². The van der Waals surface area contributed by atoms with Crippen molar-refractivity contribution in [3.8, 4) is 21.9 Å². The number of hydrogen-bond acceptors (Lipinski definition) is 8. The number of amides is 1. The van der Waals surface area contributed by atoms with Gasteiger partial charge in [-0.05, 0) is 97.0 Å². The fourth-order valence-electron chi connectivity index (χ4n) is 7.60.